The van der Waals surface area contributed by atoms with E-state index in [0.29, 0.717) is 36.0 Å². The van der Waals surface area contributed by atoms with Crippen LogP contribution in [-0.4, -0.2) is 46.5 Å². The number of aromatic nitrogens is 3. The van der Waals surface area contributed by atoms with Gasteiger partial charge in [0.15, 0.2) is 0 Å². The molecule has 33 heavy (non-hydrogen) atoms. The van der Waals surface area contributed by atoms with E-state index in [1.165, 1.54) is 0 Å². The number of methoxy groups -OCH3 is 1. The molecule has 0 radical (unpaired) electrons. The van der Waals surface area contributed by atoms with E-state index in [-0.39, 0.29) is 5.92 Å². The zero-order chi connectivity index (χ0) is 23.0. The molecule has 2 aromatic heterocycles. The number of benzene rings is 1. The van der Waals surface area contributed by atoms with Gasteiger partial charge in [-0.15, -0.1) is 0 Å². The second-order valence-corrected chi connectivity index (χ2v) is 7.90. The van der Waals surface area contributed by atoms with Gasteiger partial charge in [-0.05, 0) is 43.2 Å². The lowest BCUT2D eigenvalue weighted by Gasteiger charge is -2.15. The first-order chi connectivity index (χ1) is 16.2. The van der Waals surface area contributed by atoms with Crippen LogP contribution in [0.25, 0.3) is 11.3 Å². The number of anilines is 3. The Hall–Kier alpha value is -3.58. The molecule has 1 aliphatic carbocycles. The predicted octanol–water partition coefficient (Wildman–Crippen LogP) is 3.03. The van der Waals surface area contributed by atoms with E-state index in [1.807, 2.05) is 18.2 Å². The minimum atomic E-state index is -0.626. The summed E-state index contributed by atoms with van der Waals surface area (Å²) < 4.78 is 5.02. The summed E-state index contributed by atoms with van der Waals surface area (Å²) in [6, 6.07) is 13.3. The number of aliphatic hydroxyl groups is 1. The normalized spacial score (nSPS) is 13.8. The molecule has 1 aliphatic rings. The summed E-state index contributed by atoms with van der Waals surface area (Å²) in [6.07, 6.45) is 4.80. The molecule has 1 fully saturated rings. The van der Waals surface area contributed by atoms with Gasteiger partial charge in [0, 0.05) is 37.9 Å². The number of ether oxygens (including phenoxy) is 1. The predicted molar refractivity (Wildman–Crippen MR) is 126 cm³/mol. The summed E-state index contributed by atoms with van der Waals surface area (Å²) in [5.41, 5.74) is 4.26. The summed E-state index contributed by atoms with van der Waals surface area (Å²) >= 11 is 0. The summed E-state index contributed by atoms with van der Waals surface area (Å²) in [7, 11) is 1.67. The van der Waals surface area contributed by atoms with Crippen molar-refractivity contribution in [1.82, 2.24) is 20.3 Å². The van der Waals surface area contributed by atoms with E-state index < -0.39 is 6.23 Å². The molecule has 1 saturated carbocycles. The summed E-state index contributed by atoms with van der Waals surface area (Å²) in [6.45, 7) is 2.09. The average Bonchev–Trinajstić information content (AvgIpc) is 3.69. The van der Waals surface area contributed by atoms with Gasteiger partial charge in [0.05, 0.1) is 41.1 Å². The molecule has 170 valence electrons. The largest absolute Gasteiger partial charge is 0.383 e. The number of nitrogens with zero attached hydrogens (tertiary/aromatic N) is 4. The van der Waals surface area contributed by atoms with Crippen LogP contribution in [0.15, 0.2) is 48.8 Å². The highest BCUT2D eigenvalue weighted by Crippen LogP contribution is 2.34. The molecular formula is C24H27N7O2. The van der Waals surface area contributed by atoms with Crippen LogP contribution < -0.4 is 16.0 Å². The number of rotatable bonds is 11. The summed E-state index contributed by atoms with van der Waals surface area (Å²) in [4.78, 5) is 13.3. The van der Waals surface area contributed by atoms with Crippen molar-refractivity contribution in [1.29, 1.82) is 5.26 Å². The first-order valence-electron chi connectivity index (χ1n) is 10.9. The van der Waals surface area contributed by atoms with Crippen LogP contribution in [0.4, 0.5) is 17.3 Å². The Kier molecular flexibility index (Phi) is 7.42. The first kappa shape index (κ1) is 22.6. The third kappa shape index (κ3) is 6.23. The van der Waals surface area contributed by atoms with Gasteiger partial charge >= 0.3 is 0 Å². The van der Waals surface area contributed by atoms with Crippen LogP contribution in [0.3, 0.4) is 0 Å². The Labute approximate surface area is 192 Å². The molecule has 1 unspecified atom stereocenters. The Morgan fingerprint density at radius 3 is 2.82 bits per heavy atom. The van der Waals surface area contributed by atoms with Crippen molar-refractivity contribution in [3.05, 3.63) is 60.0 Å². The fourth-order valence-electron chi connectivity index (χ4n) is 3.31. The van der Waals surface area contributed by atoms with Gasteiger partial charge in [-0.2, -0.15) is 5.26 Å². The highest BCUT2D eigenvalue weighted by Gasteiger charge is 2.30. The van der Waals surface area contributed by atoms with Gasteiger partial charge < -0.3 is 25.8 Å². The molecule has 9 heteroatoms. The zero-order valence-electron chi connectivity index (χ0n) is 18.5. The molecule has 1 atom stereocenters. The molecule has 0 bridgehead atoms. The fourth-order valence-corrected chi connectivity index (χ4v) is 3.31. The summed E-state index contributed by atoms with van der Waals surface area (Å²) in [5.74, 6) is 0.701. The number of hydrogen-bond acceptors (Lipinski definition) is 9. The molecule has 0 saturated heterocycles. The molecule has 9 nitrogen and oxygen atoms in total. The van der Waals surface area contributed by atoms with Crippen molar-refractivity contribution in [3.63, 3.8) is 0 Å². The smallest absolute Gasteiger partial charge is 0.227 e. The van der Waals surface area contributed by atoms with Gasteiger partial charge in [0.25, 0.3) is 0 Å². The van der Waals surface area contributed by atoms with Crippen LogP contribution in [0, 0.1) is 17.2 Å². The van der Waals surface area contributed by atoms with E-state index >= 15 is 0 Å². The Bertz CT molecular complexity index is 1110. The molecule has 1 aromatic carbocycles. The SMILES string of the molecule is COCCNCc1ccc(Nc2nccc(-c3ccc(NC(O)C4CC4)c(C#N)c3)n2)cn1. The molecular weight excluding hydrogens is 418 g/mol. The van der Waals surface area contributed by atoms with Crippen LogP contribution in [0.5, 0.6) is 0 Å². The zero-order valence-corrected chi connectivity index (χ0v) is 18.5. The number of nitrogens with one attached hydrogen (secondary N) is 3. The van der Waals surface area contributed by atoms with Crippen LogP contribution >= 0.6 is 0 Å². The van der Waals surface area contributed by atoms with Crippen LogP contribution in [0.1, 0.15) is 24.1 Å². The van der Waals surface area contributed by atoms with Crippen molar-refractivity contribution < 1.29 is 9.84 Å². The maximum absolute atomic E-state index is 10.1. The molecule has 0 spiro atoms. The Balaban J connectivity index is 1.42. The standard InChI is InChI=1S/C24H27N7O2/c1-33-11-10-26-14-19-5-6-20(15-28-19)29-24-27-9-8-22(31-24)17-4-7-21(18(12-17)13-25)30-23(32)16-2-3-16/h4-9,12,15-16,23,26,30,32H,2-3,10-11,14H2,1H3,(H,27,29,31). The Morgan fingerprint density at radius 1 is 1.21 bits per heavy atom. The lowest BCUT2D eigenvalue weighted by molar-refractivity contribution is 0.180. The fraction of sp³-hybridized carbons (Fsp3) is 0.333. The lowest BCUT2D eigenvalue weighted by atomic mass is 10.1. The molecule has 3 aromatic rings. The van der Waals surface area contributed by atoms with Crippen molar-refractivity contribution >= 4 is 17.3 Å². The van der Waals surface area contributed by atoms with Gasteiger partial charge in [-0.25, -0.2) is 9.97 Å². The van der Waals surface area contributed by atoms with Crippen LogP contribution in [-0.2, 0) is 11.3 Å². The highest BCUT2D eigenvalue weighted by molar-refractivity contribution is 5.69. The number of hydrogen-bond donors (Lipinski definition) is 4. The van der Waals surface area contributed by atoms with E-state index in [9.17, 15) is 10.4 Å². The molecule has 0 amide bonds. The topological polar surface area (TPSA) is 128 Å². The van der Waals surface area contributed by atoms with Crippen LogP contribution in [0.2, 0.25) is 0 Å². The first-order valence-corrected chi connectivity index (χ1v) is 10.9. The maximum atomic E-state index is 10.1. The second-order valence-electron chi connectivity index (χ2n) is 7.90. The van der Waals surface area contributed by atoms with Crippen molar-refractivity contribution in [2.45, 2.75) is 25.6 Å². The third-order valence-corrected chi connectivity index (χ3v) is 5.33. The minimum Gasteiger partial charge on any atom is -0.383 e. The van der Waals surface area contributed by atoms with E-state index in [4.69, 9.17) is 4.74 Å². The van der Waals surface area contributed by atoms with Gasteiger partial charge in [-0.3, -0.25) is 4.98 Å². The molecule has 0 aliphatic heterocycles. The van der Waals surface area contributed by atoms with E-state index in [1.54, 1.807) is 37.7 Å². The van der Waals surface area contributed by atoms with Gasteiger partial charge in [0.1, 0.15) is 12.3 Å². The van der Waals surface area contributed by atoms with Crippen molar-refractivity contribution in [3.8, 4) is 17.3 Å². The monoisotopic (exact) mass is 445 g/mol. The van der Waals surface area contributed by atoms with Gasteiger partial charge in [0.2, 0.25) is 5.95 Å². The molecule has 4 rings (SSSR count). The minimum absolute atomic E-state index is 0.266. The Morgan fingerprint density at radius 2 is 2.09 bits per heavy atom. The number of pyridine rings is 1. The van der Waals surface area contributed by atoms with Gasteiger partial charge in [-0.1, -0.05) is 6.07 Å². The molecule has 4 N–H and O–H groups in total. The quantitative estimate of drug-likeness (QED) is 0.260. The summed E-state index contributed by atoms with van der Waals surface area (Å²) in [5, 5.41) is 29.2. The van der Waals surface area contributed by atoms with E-state index in [0.717, 1.165) is 36.3 Å². The van der Waals surface area contributed by atoms with Crippen molar-refractivity contribution in [2.75, 3.05) is 30.9 Å². The van der Waals surface area contributed by atoms with Crippen molar-refractivity contribution in [2.24, 2.45) is 5.92 Å². The number of nitriles is 1. The van der Waals surface area contributed by atoms with E-state index in [2.05, 4.69) is 37.0 Å². The average molecular weight is 446 g/mol. The maximum Gasteiger partial charge on any atom is 0.227 e. The lowest BCUT2D eigenvalue weighted by Crippen LogP contribution is -2.21. The highest BCUT2D eigenvalue weighted by atomic mass is 16.5. The number of aliphatic hydroxyl groups excluding tert-OH is 1. The second kappa shape index (κ2) is 10.8. The third-order valence-electron chi connectivity index (χ3n) is 5.33. The molecule has 2 heterocycles.